The maximum Gasteiger partial charge on any atom is 0.141 e. The van der Waals surface area contributed by atoms with Crippen LogP contribution in [0, 0.1) is 0 Å². The highest BCUT2D eigenvalue weighted by Gasteiger charge is 2.24. The highest BCUT2D eigenvalue weighted by atomic mass is 35.5. The minimum absolute atomic E-state index is 0.353. The third-order valence-corrected chi connectivity index (χ3v) is 6.52. The summed E-state index contributed by atoms with van der Waals surface area (Å²) in [6, 6.07) is 0. The smallest absolute Gasteiger partial charge is 0.141 e. The normalized spacial score (nSPS) is 25.4. The SMILES string of the molecule is CC1CN(CCCN2CCc3c(sc4ncnc(Cl)c34)C2)CC(C)O1. The Morgan fingerprint density at radius 1 is 1.20 bits per heavy atom. The monoisotopic (exact) mass is 380 g/mol. The second kappa shape index (κ2) is 7.45. The molecule has 0 radical (unpaired) electrons. The summed E-state index contributed by atoms with van der Waals surface area (Å²) in [7, 11) is 0. The van der Waals surface area contributed by atoms with Crippen LogP contribution in [0.15, 0.2) is 6.33 Å². The molecule has 136 valence electrons. The van der Waals surface area contributed by atoms with Crippen molar-refractivity contribution < 1.29 is 4.74 Å². The molecule has 0 N–H and O–H groups in total. The van der Waals surface area contributed by atoms with Crippen LogP contribution in [0.4, 0.5) is 0 Å². The van der Waals surface area contributed by atoms with Crippen LogP contribution in [0.1, 0.15) is 30.7 Å². The van der Waals surface area contributed by atoms with Gasteiger partial charge in [0.2, 0.25) is 0 Å². The van der Waals surface area contributed by atoms with Gasteiger partial charge in [-0.05, 0) is 45.3 Å². The summed E-state index contributed by atoms with van der Waals surface area (Å²) in [6.07, 6.45) is 4.53. The van der Waals surface area contributed by atoms with Crippen molar-refractivity contribution in [3.8, 4) is 0 Å². The van der Waals surface area contributed by atoms with E-state index in [0.717, 1.165) is 55.9 Å². The lowest BCUT2D eigenvalue weighted by atomic mass is 10.1. The topological polar surface area (TPSA) is 41.5 Å². The van der Waals surface area contributed by atoms with E-state index in [1.807, 2.05) is 0 Å². The number of nitrogens with zero attached hydrogens (tertiary/aromatic N) is 4. The maximum absolute atomic E-state index is 6.29. The zero-order chi connectivity index (χ0) is 17.4. The summed E-state index contributed by atoms with van der Waals surface area (Å²) in [5.74, 6) is 0. The summed E-state index contributed by atoms with van der Waals surface area (Å²) in [5, 5.41) is 1.69. The zero-order valence-electron chi connectivity index (χ0n) is 14.9. The Bertz CT molecular complexity index is 742. The highest BCUT2D eigenvalue weighted by molar-refractivity contribution is 7.19. The molecule has 0 aromatic carbocycles. The van der Waals surface area contributed by atoms with Gasteiger partial charge in [0, 0.05) is 31.1 Å². The summed E-state index contributed by atoms with van der Waals surface area (Å²) in [5.41, 5.74) is 1.37. The molecule has 0 saturated carbocycles. The Labute approximate surface area is 157 Å². The average molecular weight is 381 g/mol. The maximum atomic E-state index is 6.29. The van der Waals surface area contributed by atoms with Gasteiger partial charge in [0.05, 0.1) is 17.6 Å². The van der Waals surface area contributed by atoms with E-state index in [-0.39, 0.29) is 0 Å². The number of hydrogen-bond donors (Lipinski definition) is 0. The molecule has 0 aliphatic carbocycles. The van der Waals surface area contributed by atoms with Crippen molar-refractivity contribution in [2.45, 2.75) is 45.4 Å². The van der Waals surface area contributed by atoms with Crippen molar-refractivity contribution in [1.29, 1.82) is 0 Å². The van der Waals surface area contributed by atoms with Crippen LogP contribution in [0.5, 0.6) is 0 Å². The summed E-state index contributed by atoms with van der Waals surface area (Å²) >= 11 is 8.07. The van der Waals surface area contributed by atoms with Crippen LogP contribution < -0.4 is 0 Å². The molecule has 2 atom stereocenters. The van der Waals surface area contributed by atoms with E-state index < -0.39 is 0 Å². The van der Waals surface area contributed by atoms with E-state index in [1.165, 1.54) is 16.9 Å². The van der Waals surface area contributed by atoms with Gasteiger partial charge < -0.3 is 4.74 Å². The fourth-order valence-electron chi connectivity index (χ4n) is 4.12. The first-order valence-electron chi connectivity index (χ1n) is 9.11. The molecule has 0 amide bonds. The average Bonchev–Trinajstić information content (AvgIpc) is 2.93. The van der Waals surface area contributed by atoms with Crippen LogP contribution >= 0.6 is 22.9 Å². The molecule has 1 saturated heterocycles. The molecular weight excluding hydrogens is 356 g/mol. The number of fused-ring (bicyclic) bond motifs is 3. The second-order valence-electron chi connectivity index (χ2n) is 7.25. The van der Waals surface area contributed by atoms with Gasteiger partial charge in [0.1, 0.15) is 16.3 Å². The number of aromatic nitrogens is 2. The zero-order valence-corrected chi connectivity index (χ0v) is 16.4. The van der Waals surface area contributed by atoms with Crippen LogP contribution in [0.2, 0.25) is 5.15 Å². The summed E-state index contributed by atoms with van der Waals surface area (Å²) in [4.78, 5) is 16.1. The van der Waals surface area contributed by atoms with Gasteiger partial charge in [-0.3, -0.25) is 9.80 Å². The molecule has 2 aliphatic rings. The van der Waals surface area contributed by atoms with Crippen molar-refractivity contribution >= 4 is 33.2 Å². The Morgan fingerprint density at radius 2 is 1.96 bits per heavy atom. The first kappa shape index (κ1) is 17.6. The predicted molar refractivity (Wildman–Crippen MR) is 102 cm³/mol. The van der Waals surface area contributed by atoms with E-state index >= 15 is 0 Å². The number of hydrogen-bond acceptors (Lipinski definition) is 6. The fraction of sp³-hybridized carbons (Fsp3) is 0.667. The molecule has 2 aromatic heterocycles. The second-order valence-corrected chi connectivity index (χ2v) is 8.69. The van der Waals surface area contributed by atoms with Gasteiger partial charge in [-0.1, -0.05) is 11.6 Å². The standard InChI is InChI=1S/C18H25ClN4OS/c1-12-8-23(9-13(2)24-12)6-3-5-22-7-4-14-15(10-22)25-18-16(14)17(19)20-11-21-18/h11-13H,3-10H2,1-2H3. The lowest BCUT2D eigenvalue weighted by molar-refractivity contribution is -0.0684. The molecule has 2 aromatic rings. The quantitative estimate of drug-likeness (QED) is 0.762. The molecule has 5 nitrogen and oxygen atoms in total. The third-order valence-electron chi connectivity index (χ3n) is 5.11. The number of rotatable bonds is 4. The van der Waals surface area contributed by atoms with Crippen LogP contribution in [0.25, 0.3) is 10.2 Å². The number of morpholine rings is 1. The summed E-state index contributed by atoms with van der Waals surface area (Å²) < 4.78 is 5.82. The van der Waals surface area contributed by atoms with Crippen LogP contribution in [-0.4, -0.2) is 64.7 Å². The molecule has 2 unspecified atom stereocenters. The van der Waals surface area contributed by atoms with E-state index in [1.54, 1.807) is 17.7 Å². The van der Waals surface area contributed by atoms with Crippen molar-refractivity contribution in [2.75, 3.05) is 32.7 Å². The van der Waals surface area contributed by atoms with Gasteiger partial charge in [-0.2, -0.15) is 0 Å². The van der Waals surface area contributed by atoms with Crippen molar-refractivity contribution in [2.24, 2.45) is 0 Å². The Kier molecular flexibility index (Phi) is 5.25. The molecule has 25 heavy (non-hydrogen) atoms. The van der Waals surface area contributed by atoms with E-state index in [0.29, 0.717) is 17.4 Å². The first-order chi connectivity index (χ1) is 12.1. The molecule has 0 spiro atoms. The molecule has 0 bridgehead atoms. The van der Waals surface area contributed by atoms with Gasteiger partial charge in [0.25, 0.3) is 0 Å². The Morgan fingerprint density at radius 3 is 2.76 bits per heavy atom. The fourth-order valence-corrected chi connectivity index (χ4v) is 5.65. The van der Waals surface area contributed by atoms with Crippen LogP contribution in [0.3, 0.4) is 0 Å². The van der Waals surface area contributed by atoms with Gasteiger partial charge in [-0.15, -0.1) is 11.3 Å². The Hall–Kier alpha value is -0.790. The lowest BCUT2D eigenvalue weighted by Gasteiger charge is -2.36. The lowest BCUT2D eigenvalue weighted by Crippen LogP contribution is -2.46. The molecule has 4 heterocycles. The van der Waals surface area contributed by atoms with E-state index in [4.69, 9.17) is 16.3 Å². The van der Waals surface area contributed by atoms with Crippen LogP contribution in [-0.2, 0) is 17.7 Å². The largest absolute Gasteiger partial charge is 0.373 e. The highest BCUT2D eigenvalue weighted by Crippen LogP contribution is 2.36. The molecular formula is C18H25ClN4OS. The third kappa shape index (κ3) is 3.83. The van der Waals surface area contributed by atoms with Gasteiger partial charge in [0.15, 0.2) is 0 Å². The van der Waals surface area contributed by atoms with E-state index in [9.17, 15) is 0 Å². The first-order valence-corrected chi connectivity index (χ1v) is 10.3. The van der Waals surface area contributed by atoms with Crippen molar-refractivity contribution in [3.05, 3.63) is 21.9 Å². The number of halogens is 1. The van der Waals surface area contributed by atoms with Crippen molar-refractivity contribution in [1.82, 2.24) is 19.8 Å². The molecule has 2 aliphatic heterocycles. The number of thiophene rings is 1. The van der Waals surface area contributed by atoms with E-state index in [2.05, 4.69) is 33.6 Å². The predicted octanol–water partition coefficient (Wildman–Crippen LogP) is 3.20. The molecule has 1 fully saturated rings. The van der Waals surface area contributed by atoms with Crippen molar-refractivity contribution in [3.63, 3.8) is 0 Å². The minimum atomic E-state index is 0.353. The van der Waals surface area contributed by atoms with Gasteiger partial charge >= 0.3 is 0 Å². The summed E-state index contributed by atoms with van der Waals surface area (Å²) in [6.45, 7) is 10.9. The molecule has 4 rings (SSSR count). The minimum Gasteiger partial charge on any atom is -0.373 e. The van der Waals surface area contributed by atoms with Gasteiger partial charge in [-0.25, -0.2) is 9.97 Å². The number of ether oxygens (including phenoxy) is 1. The molecule has 7 heteroatoms. The Balaban J connectivity index is 1.34.